The van der Waals surface area contributed by atoms with Crippen molar-refractivity contribution in [1.82, 2.24) is 4.98 Å². The molecule has 2 aromatic rings. The molecule has 1 aliphatic rings. The van der Waals surface area contributed by atoms with Crippen LogP contribution < -0.4 is 4.74 Å². The van der Waals surface area contributed by atoms with Crippen LogP contribution in [0.1, 0.15) is 18.5 Å². The molecule has 108 valence electrons. The summed E-state index contributed by atoms with van der Waals surface area (Å²) in [6, 6.07) is 10.2. The molecule has 5 heteroatoms. The Bertz CT molecular complexity index is 654. The van der Waals surface area contributed by atoms with Crippen LogP contribution in [0, 0.1) is 5.82 Å². The number of nitrogens with zero attached hydrogens (tertiary/aromatic N) is 2. The van der Waals surface area contributed by atoms with Crippen molar-refractivity contribution >= 4 is 22.5 Å². The molecule has 1 saturated carbocycles. The molecule has 0 unspecified atom stereocenters. The molecule has 1 aromatic heterocycles. The third kappa shape index (κ3) is 3.61. The second kappa shape index (κ2) is 6.26. The highest BCUT2D eigenvalue weighted by molar-refractivity contribution is 8.13. The number of hydrogen-bond donors (Lipinski definition) is 0. The zero-order chi connectivity index (χ0) is 14.7. The van der Waals surface area contributed by atoms with Crippen molar-refractivity contribution in [3.05, 3.63) is 54.1 Å². The van der Waals surface area contributed by atoms with Gasteiger partial charge in [0.05, 0.1) is 18.0 Å². The lowest BCUT2D eigenvalue weighted by Crippen LogP contribution is -2.01. The molecule has 0 radical (unpaired) electrons. The first-order valence-corrected chi connectivity index (χ1v) is 7.99. The van der Waals surface area contributed by atoms with E-state index in [0.717, 1.165) is 18.6 Å². The Balaban J connectivity index is 1.83. The van der Waals surface area contributed by atoms with E-state index in [1.807, 2.05) is 18.4 Å². The van der Waals surface area contributed by atoms with Crippen molar-refractivity contribution in [1.29, 1.82) is 0 Å². The van der Waals surface area contributed by atoms with Crippen LogP contribution in [0.5, 0.6) is 5.75 Å². The van der Waals surface area contributed by atoms with Crippen LogP contribution in [-0.4, -0.2) is 22.4 Å². The van der Waals surface area contributed by atoms with Crippen LogP contribution in [-0.2, 0) is 0 Å². The molecule has 0 aliphatic heterocycles. The average Bonchev–Trinajstić information content (AvgIpc) is 3.31. The predicted octanol–water partition coefficient (Wildman–Crippen LogP) is 4.20. The van der Waals surface area contributed by atoms with Gasteiger partial charge in [0, 0.05) is 0 Å². The van der Waals surface area contributed by atoms with Gasteiger partial charge in [-0.2, -0.15) is 0 Å². The molecule has 0 atom stereocenters. The normalized spacial score (nSPS) is 15.0. The van der Waals surface area contributed by atoms with E-state index in [1.54, 1.807) is 24.4 Å². The summed E-state index contributed by atoms with van der Waals surface area (Å²) >= 11 is 1.44. The minimum absolute atomic E-state index is 0.321. The van der Waals surface area contributed by atoms with Crippen molar-refractivity contribution in [3.8, 4) is 5.75 Å². The lowest BCUT2D eigenvalue weighted by molar-refractivity contribution is 0.302. The third-order valence-corrected chi connectivity index (χ3v) is 3.74. The summed E-state index contributed by atoms with van der Waals surface area (Å²) in [5.41, 5.74) is 1.04. The van der Waals surface area contributed by atoms with E-state index in [9.17, 15) is 4.39 Å². The average molecular weight is 302 g/mol. The SMILES string of the molecule is CSC(=Nc1ccccc1F)c1ccc(OC2CC2)cn1. The van der Waals surface area contributed by atoms with Crippen LogP contribution in [0.3, 0.4) is 0 Å². The highest BCUT2D eigenvalue weighted by Gasteiger charge is 2.23. The smallest absolute Gasteiger partial charge is 0.148 e. The van der Waals surface area contributed by atoms with Gasteiger partial charge in [-0.05, 0) is 43.4 Å². The quantitative estimate of drug-likeness (QED) is 0.627. The number of aliphatic imine (C=N–C) groups is 1. The lowest BCUT2D eigenvalue weighted by atomic mass is 10.3. The molecule has 0 spiro atoms. The van der Waals surface area contributed by atoms with Crippen molar-refractivity contribution in [2.24, 2.45) is 4.99 Å². The minimum Gasteiger partial charge on any atom is -0.489 e. The number of benzene rings is 1. The zero-order valence-electron chi connectivity index (χ0n) is 11.6. The van der Waals surface area contributed by atoms with Crippen molar-refractivity contribution < 1.29 is 9.13 Å². The summed E-state index contributed by atoms with van der Waals surface area (Å²) < 4.78 is 19.3. The Morgan fingerprint density at radius 3 is 2.71 bits per heavy atom. The molecule has 3 nitrogen and oxygen atoms in total. The molecule has 0 N–H and O–H groups in total. The lowest BCUT2D eigenvalue weighted by Gasteiger charge is -2.06. The highest BCUT2D eigenvalue weighted by Crippen LogP contribution is 2.27. The van der Waals surface area contributed by atoms with Crippen LogP contribution in [0.25, 0.3) is 0 Å². The number of rotatable bonds is 4. The predicted molar refractivity (Wildman–Crippen MR) is 84.0 cm³/mol. The van der Waals surface area contributed by atoms with Crippen LogP contribution in [0.4, 0.5) is 10.1 Å². The molecule has 1 heterocycles. The highest BCUT2D eigenvalue weighted by atomic mass is 32.2. The number of pyridine rings is 1. The van der Waals surface area contributed by atoms with Gasteiger partial charge < -0.3 is 4.74 Å². The second-order valence-corrected chi connectivity index (χ2v) is 5.56. The van der Waals surface area contributed by atoms with Crippen molar-refractivity contribution in [3.63, 3.8) is 0 Å². The first-order chi connectivity index (χ1) is 10.3. The monoisotopic (exact) mass is 302 g/mol. The van der Waals surface area contributed by atoms with Gasteiger partial charge in [-0.25, -0.2) is 9.38 Å². The van der Waals surface area contributed by atoms with Gasteiger partial charge in [-0.1, -0.05) is 12.1 Å². The second-order valence-electron chi connectivity index (χ2n) is 4.77. The van der Waals surface area contributed by atoms with Gasteiger partial charge in [-0.15, -0.1) is 11.8 Å². The standard InChI is InChI=1S/C16H15FN2OS/c1-21-16(19-14-5-3-2-4-13(14)17)15-9-8-12(10-18-15)20-11-6-7-11/h2-5,8-11H,6-7H2,1H3. The summed E-state index contributed by atoms with van der Waals surface area (Å²) in [6.45, 7) is 0. The molecule has 21 heavy (non-hydrogen) atoms. The molecule has 3 rings (SSSR count). The molecular weight excluding hydrogens is 287 g/mol. The molecule has 1 aliphatic carbocycles. The topological polar surface area (TPSA) is 34.5 Å². The number of aromatic nitrogens is 1. The number of thioether (sulfide) groups is 1. The van der Waals surface area contributed by atoms with Gasteiger partial charge in [0.1, 0.15) is 22.3 Å². The summed E-state index contributed by atoms with van der Waals surface area (Å²) in [7, 11) is 0. The maximum atomic E-state index is 13.7. The number of halogens is 1. The summed E-state index contributed by atoms with van der Waals surface area (Å²) in [6.07, 6.45) is 6.18. The molecule has 0 bridgehead atoms. The minimum atomic E-state index is -0.335. The van der Waals surface area contributed by atoms with Crippen molar-refractivity contribution in [2.45, 2.75) is 18.9 Å². The first kappa shape index (κ1) is 14.1. The molecule has 0 saturated heterocycles. The van der Waals surface area contributed by atoms with E-state index < -0.39 is 0 Å². The van der Waals surface area contributed by atoms with Gasteiger partial charge in [-0.3, -0.25) is 4.98 Å². The summed E-state index contributed by atoms with van der Waals surface area (Å²) in [5.74, 6) is 0.435. The molecule has 1 fully saturated rings. The summed E-state index contributed by atoms with van der Waals surface area (Å²) in [4.78, 5) is 8.71. The maximum absolute atomic E-state index is 13.7. The molecular formula is C16H15FN2OS. The van der Waals surface area contributed by atoms with Crippen LogP contribution >= 0.6 is 11.8 Å². The van der Waals surface area contributed by atoms with Crippen molar-refractivity contribution in [2.75, 3.05) is 6.26 Å². The largest absolute Gasteiger partial charge is 0.489 e. The fourth-order valence-electron chi connectivity index (χ4n) is 1.81. The maximum Gasteiger partial charge on any atom is 0.148 e. The van der Waals surface area contributed by atoms with E-state index in [0.29, 0.717) is 22.5 Å². The fraction of sp³-hybridized carbons (Fsp3) is 0.250. The van der Waals surface area contributed by atoms with E-state index >= 15 is 0 Å². The van der Waals surface area contributed by atoms with Gasteiger partial charge in [0.25, 0.3) is 0 Å². The van der Waals surface area contributed by atoms with Crippen LogP contribution in [0.15, 0.2) is 47.6 Å². The summed E-state index contributed by atoms with van der Waals surface area (Å²) in [5, 5.41) is 0.679. The Kier molecular flexibility index (Phi) is 4.20. The van der Waals surface area contributed by atoms with E-state index in [2.05, 4.69) is 9.98 Å². The zero-order valence-corrected chi connectivity index (χ0v) is 12.4. The number of ether oxygens (including phenoxy) is 1. The van der Waals surface area contributed by atoms with Crippen LogP contribution in [0.2, 0.25) is 0 Å². The Labute approximate surface area is 127 Å². The first-order valence-electron chi connectivity index (χ1n) is 6.76. The molecule has 1 aromatic carbocycles. The number of para-hydroxylation sites is 1. The fourth-order valence-corrected chi connectivity index (χ4v) is 2.33. The Morgan fingerprint density at radius 2 is 2.10 bits per heavy atom. The van der Waals surface area contributed by atoms with E-state index in [1.165, 1.54) is 17.8 Å². The Hall–Kier alpha value is -1.88. The molecule has 0 amide bonds. The van der Waals surface area contributed by atoms with E-state index in [4.69, 9.17) is 4.74 Å². The Morgan fingerprint density at radius 1 is 1.29 bits per heavy atom. The van der Waals surface area contributed by atoms with Gasteiger partial charge >= 0.3 is 0 Å². The van der Waals surface area contributed by atoms with E-state index in [-0.39, 0.29) is 5.82 Å². The number of hydrogen-bond acceptors (Lipinski definition) is 4. The third-order valence-electron chi connectivity index (χ3n) is 3.05. The van der Waals surface area contributed by atoms with Gasteiger partial charge in [0.2, 0.25) is 0 Å². The van der Waals surface area contributed by atoms with Gasteiger partial charge in [0.15, 0.2) is 0 Å².